The molecule has 31 heavy (non-hydrogen) atoms. The van der Waals surface area contributed by atoms with Gasteiger partial charge in [-0.25, -0.2) is 0 Å². The third kappa shape index (κ3) is 10.6. The van der Waals surface area contributed by atoms with Crippen molar-refractivity contribution in [3.8, 4) is 0 Å². The molecule has 0 aromatic heterocycles. The Balaban J connectivity index is 5.38. The van der Waals surface area contributed by atoms with Gasteiger partial charge < -0.3 is 43.4 Å². The van der Waals surface area contributed by atoms with Crippen LogP contribution in [0.5, 0.6) is 0 Å². The Morgan fingerprint density at radius 2 is 1.52 bits per heavy atom. The number of aliphatic hydroxyl groups is 1. The fourth-order valence-electron chi connectivity index (χ4n) is 2.41. The smallest absolute Gasteiger partial charge is 0.325 e. The van der Waals surface area contributed by atoms with Crippen molar-refractivity contribution in [3.63, 3.8) is 0 Å². The van der Waals surface area contributed by atoms with E-state index in [0.29, 0.717) is 6.42 Å². The summed E-state index contributed by atoms with van der Waals surface area (Å²) in [5.74, 6) is -3.81. The Morgan fingerprint density at radius 1 is 0.935 bits per heavy atom. The average molecular weight is 446 g/mol. The molecule has 178 valence electrons. The summed E-state index contributed by atoms with van der Waals surface area (Å²) in [5.41, 5.74) is 16.1. The van der Waals surface area contributed by atoms with Gasteiger partial charge in [0.2, 0.25) is 17.7 Å². The zero-order valence-corrected chi connectivity index (χ0v) is 18.3. The molecule has 0 aromatic rings. The quantitative estimate of drug-likeness (QED) is 0.0815. The molecule has 0 aliphatic carbocycles. The van der Waals surface area contributed by atoms with Crippen molar-refractivity contribution in [2.75, 3.05) is 6.54 Å². The summed E-state index contributed by atoms with van der Waals surface area (Å²) < 4.78 is 0. The van der Waals surface area contributed by atoms with Gasteiger partial charge in [0.25, 0.3) is 0 Å². The van der Waals surface area contributed by atoms with Gasteiger partial charge in [-0.15, -0.1) is 0 Å². The number of carboxylic acid groups (broad SMARTS) is 1. The van der Waals surface area contributed by atoms with E-state index in [0.717, 1.165) is 0 Å². The first-order chi connectivity index (χ1) is 14.3. The summed E-state index contributed by atoms with van der Waals surface area (Å²) in [6, 6.07) is -4.53. The lowest BCUT2D eigenvalue weighted by molar-refractivity contribution is -0.142. The van der Waals surface area contributed by atoms with E-state index < -0.39 is 54.0 Å². The summed E-state index contributed by atoms with van der Waals surface area (Å²) in [6.45, 7) is 6.18. The highest BCUT2D eigenvalue weighted by atomic mass is 16.4. The number of nitrogens with two attached hydrogens (primary N) is 3. The van der Waals surface area contributed by atoms with Crippen molar-refractivity contribution < 1.29 is 29.4 Å². The maximum absolute atomic E-state index is 12.8. The predicted octanol–water partition coefficient (Wildman–Crippen LogP) is -3.04. The molecule has 13 heteroatoms. The monoisotopic (exact) mass is 445 g/mol. The number of nitrogens with one attached hydrogen (secondary N) is 3. The molecule has 13 nitrogen and oxygen atoms in total. The predicted molar refractivity (Wildman–Crippen MR) is 114 cm³/mol. The molecule has 0 aromatic carbocycles. The Bertz CT molecular complexity index is 664. The van der Waals surface area contributed by atoms with Crippen LogP contribution in [0.15, 0.2) is 4.99 Å². The van der Waals surface area contributed by atoms with E-state index in [2.05, 4.69) is 20.9 Å². The number of hydrogen-bond donors (Lipinski definition) is 8. The number of carboxylic acids is 1. The minimum absolute atomic E-state index is 0.120. The molecule has 0 rings (SSSR count). The number of carbonyl (C=O) groups excluding carboxylic acids is 3. The van der Waals surface area contributed by atoms with Crippen LogP contribution in [0.25, 0.3) is 0 Å². The molecule has 0 saturated heterocycles. The average Bonchev–Trinajstić information content (AvgIpc) is 2.66. The molecule has 0 aliphatic rings. The van der Waals surface area contributed by atoms with Crippen LogP contribution in [0.1, 0.15) is 40.5 Å². The molecule has 0 heterocycles. The third-order valence-corrected chi connectivity index (χ3v) is 4.38. The summed E-state index contributed by atoms with van der Waals surface area (Å²) >= 11 is 0. The lowest BCUT2D eigenvalue weighted by Crippen LogP contribution is -2.59. The number of nitrogens with zero attached hydrogens (tertiary/aromatic N) is 1. The molecule has 0 aliphatic heterocycles. The number of amides is 3. The summed E-state index contributed by atoms with van der Waals surface area (Å²) in [4.78, 5) is 52.3. The van der Waals surface area contributed by atoms with Gasteiger partial charge in [0.1, 0.15) is 24.2 Å². The molecule has 0 saturated carbocycles. The lowest BCUT2D eigenvalue weighted by Gasteiger charge is -2.27. The van der Waals surface area contributed by atoms with Gasteiger partial charge in [-0.1, -0.05) is 13.8 Å². The molecule has 0 radical (unpaired) electrons. The first kappa shape index (κ1) is 28.1. The second-order valence-electron chi connectivity index (χ2n) is 7.58. The van der Waals surface area contributed by atoms with Gasteiger partial charge in [0, 0.05) is 6.54 Å². The Kier molecular flexibility index (Phi) is 12.1. The van der Waals surface area contributed by atoms with E-state index in [1.165, 1.54) is 13.8 Å². The van der Waals surface area contributed by atoms with Crippen LogP contribution >= 0.6 is 0 Å². The lowest BCUT2D eigenvalue weighted by atomic mass is 10.0. The van der Waals surface area contributed by atoms with Gasteiger partial charge in [-0.3, -0.25) is 24.2 Å². The van der Waals surface area contributed by atoms with E-state index >= 15 is 0 Å². The Labute approximate surface area is 181 Å². The van der Waals surface area contributed by atoms with E-state index in [1.54, 1.807) is 13.8 Å². The standard InChI is InChI=1S/C18H35N7O6/c1-8(2)13(16(29)23-9(3)17(30)31)25-14(27)11(6-5-7-22-18(20)21)24-15(28)12(19)10(4)26/h8-13,26H,5-7,19H2,1-4H3,(H,23,29)(H,24,28)(H,25,27)(H,30,31)(H4,20,21,22). The number of carbonyl (C=O) groups is 4. The van der Waals surface area contributed by atoms with Gasteiger partial charge >= 0.3 is 5.97 Å². The van der Waals surface area contributed by atoms with Gasteiger partial charge in [0.05, 0.1) is 6.10 Å². The summed E-state index contributed by atoms with van der Waals surface area (Å²) in [7, 11) is 0. The first-order valence-corrected chi connectivity index (χ1v) is 9.90. The van der Waals surface area contributed by atoms with Gasteiger partial charge in [-0.05, 0) is 32.6 Å². The topological polar surface area (TPSA) is 235 Å². The molecule has 5 atom stereocenters. The second-order valence-corrected chi connectivity index (χ2v) is 7.58. The number of rotatable bonds is 13. The van der Waals surface area contributed by atoms with Crippen molar-refractivity contribution in [2.24, 2.45) is 28.1 Å². The number of aliphatic imine (C=N–C) groups is 1. The van der Waals surface area contributed by atoms with Crippen molar-refractivity contribution in [1.29, 1.82) is 0 Å². The van der Waals surface area contributed by atoms with Crippen molar-refractivity contribution in [2.45, 2.75) is 70.8 Å². The van der Waals surface area contributed by atoms with Crippen molar-refractivity contribution in [1.82, 2.24) is 16.0 Å². The van der Waals surface area contributed by atoms with Crippen LogP contribution in [-0.2, 0) is 19.2 Å². The first-order valence-electron chi connectivity index (χ1n) is 9.90. The molecule has 0 spiro atoms. The fourth-order valence-corrected chi connectivity index (χ4v) is 2.41. The minimum Gasteiger partial charge on any atom is -0.480 e. The SMILES string of the molecule is CC(NC(=O)C(NC(=O)C(CCCN=C(N)N)NC(=O)C(N)C(C)O)C(C)C)C(=O)O. The molecule has 0 bridgehead atoms. The number of aliphatic hydroxyl groups excluding tert-OH is 1. The fraction of sp³-hybridized carbons (Fsp3) is 0.722. The van der Waals surface area contributed by atoms with Gasteiger partial charge in [0.15, 0.2) is 5.96 Å². The van der Waals surface area contributed by atoms with E-state index in [4.69, 9.17) is 22.3 Å². The maximum atomic E-state index is 12.8. The summed E-state index contributed by atoms with van der Waals surface area (Å²) in [5, 5.41) is 25.8. The molecule has 5 unspecified atom stereocenters. The maximum Gasteiger partial charge on any atom is 0.325 e. The number of guanidine groups is 1. The highest BCUT2D eigenvalue weighted by molar-refractivity contribution is 5.94. The van der Waals surface area contributed by atoms with Crippen LogP contribution in [-0.4, -0.2) is 76.7 Å². The molecular weight excluding hydrogens is 410 g/mol. The summed E-state index contributed by atoms with van der Waals surface area (Å²) in [6.07, 6.45) is -0.690. The number of aliphatic carboxylic acids is 1. The van der Waals surface area contributed by atoms with Crippen LogP contribution in [0.2, 0.25) is 0 Å². The normalized spacial score (nSPS) is 15.7. The van der Waals surface area contributed by atoms with Crippen LogP contribution in [0.4, 0.5) is 0 Å². The van der Waals surface area contributed by atoms with E-state index in [1.807, 2.05) is 0 Å². The molecule has 0 fully saturated rings. The minimum atomic E-state index is -1.26. The Morgan fingerprint density at radius 3 is 1.97 bits per heavy atom. The Hall–Kier alpha value is -2.93. The highest BCUT2D eigenvalue weighted by Gasteiger charge is 2.31. The van der Waals surface area contributed by atoms with E-state index in [-0.39, 0.29) is 24.8 Å². The zero-order valence-electron chi connectivity index (χ0n) is 18.3. The van der Waals surface area contributed by atoms with Crippen molar-refractivity contribution in [3.05, 3.63) is 0 Å². The molecule has 3 amide bonds. The van der Waals surface area contributed by atoms with Crippen molar-refractivity contribution >= 4 is 29.7 Å². The van der Waals surface area contributed by atoms with Gasteiger partial charge in [-0.2, -0.15) is 0 Å². The van der Waals surface area contributed by atoms with Crippen LogP contribution in [0.3, 0.4) is 0 Å². The molecular formula is C18H35N7O6. The largest absolute Gasteiger partial charge is 0.480 e. The van der Waals surface area contributed by atoms with E-state index in [9.17, 15) is 24.3 Å². The molecule has 11 N–H and O–H groups in total. The second kappa shape index (κ2) is 13.4. The third-order valence-electron chi connectivity index (χ3n) is 4.38. The number of hydrogen-bond acceptors (Lipinski definition) is 7. The highest BCUT2D eigenvalue weighted by Crippen LogP contribution is 2.06. The van der Waals surface area contributed by atoms with Crippen LogP contribution < -0.4 is 33.2 Å². The van der Waals surface area contributed by atoms with Crippen LogP contribution in [0, 0.1) is 5.92 Å². The zero-order chi connectivity index (χ0) is 24.3.